The van der Waals surface area contributed by atoms with Gasteiger partial charge in [0.25, 0.3) is 5.91 Å². The van der Waals surface area contributed by atoms with E-state index in [0.717, 1.165) is 36.1 Å². The molecule has 3 N–H and O–H groups in total. The number of rotatable bonds is 12. The van der Waals surface area contributed by atoms with Gasteiger partial charge in [-0.05, 0) is 54.8 Å². The SMILES string of the molecule is CCC(CC)n1c(Cc2cccs2)nc2cc(C(=O)N[C@@H](CC(C)C)[C@H](O)CC(=O)O)ccc21. The van der Waals surface area contributed by atoms with Crippen LogP contribution in [0.15, 0.2) is 35.7 Å². The molecule has 0 aliphatic carbocycles. The largest absolute Gasteiger partial charge is 0.481 e. The van der Waals surface area contributed by atoms with Crippen molar-refractivity contribution in [1.29, 1.82) is 0 Å². The van der Waals surface area contributed by atoms with Crippen molar-refractivity contribution in [2.45, 2.75) is 78.0 Å². The number of nitrogens with one attached hydrogen (secondary N) is 1. The summed E-state index contributed by atoms with van der Waals surface area (Å²) in [4.78, 5) is 30.3. The molecule has 0 saturated heterocycles. The minimum atomic E-state index is -1.15. The van der Waals surface area contributed by atoms with Gasteiger partial charge in [-0.25, -0.2) is 4.98 Å². The third-order valence-corrected chi connectivity index (χ3v) is 7.01. The molecule has 0 aliphatic rings. The number of aromatic nitrogens is 2. The van der Waals surface area contributed by atoms with Crippen LogP contribution in [0.5, 0.6) is 0 Å². The van der Waals surface area contributed by atoms with Gasteiger partial charge in [0.1, 0.15) is 5.82 Å². The Kier molecular flexibility index (Phi) is 8.85. The highest BCUT2D eigenvalue weighted by molar-refractivity contribution is 7.09. The lowest BCUT2D eigenvalue weighted by Crippen LogP contribution is -2.45. The third kappa shape index (κ3) is 6.24. The highest BCUT2D eigenvalue weighted by atomic mass is 32.1. The Balaban J connectivity index is 1.92. The first kappa shape index (κ1) is 25.9. The van der Waals surface area contributed by atoms with Crippen LogP contribution in [0.2, 0.25) is 0 Å². The number of carbonyl (C=O) groups is 2. The van der Waals surface area contributed by atoms with Crippen molar-refractivity contribution >= 4 is 34.2 Å². The number of carboxylic acids is 1. The van der Waals surface area contributed by atoms with Crippen molar-refractivity contribution in [3.8, 4) is 0 Å². The fraction of sp³-hybridized carbons (Fsp3) is 0.500. The van der Waals surface area contributed by atoms with E-state index in [1.165, 1.54) is 4.88 Å². The molecule has 34 heavy (non-hydrogen) atoms. The molecule has 0 aliphatic heterocycles. The molecule has 184 valence electrons. The van der Waals surface area contributed by atoms with E-state index in [1.54, 1.807) is 23.5 Å². The highest BCUT2D eigenvalue weighted by Crippen LogP contribution is 2.28. The third-order valence-electron chi connectivity index (χ3n) is 6.13. The predicted octanol–water partition coefficient (Wildman–Crippen LogP) is 5.03. The first-order valence-corrected chi connectivity index (χ1v) is 12.8. The Morgan fingerprint density at radius 2 is 1.91 bits per heavy atom. The molecule has 0 bridgehead atoms. The standard InChI is InChI=1S/C26H35N3O4S/c1-5-18(6-2)29-22-10-9-17(13-20(22)27-24(29)14-19-8-7-11-34-19)26(33)28-21(12-16(3)4)23(30)15-25(31)32/h7-11,13,16,18,21,23,30H,5-6,12,14-15H2,1-4H3,(H,28,33)(H,31,32)/t21-,23+/m0/s1. The summed E-state index contributed by atoms with van der Waals surface area (Å²) in [5.74, 6) is -0.263. The van der Waals surface area contributed by atoms with Gasteiger partial charge < -0.3 is 20.1 Å². The summed E-state index contributed by atoms with van der Waals surface area (Å²) < 4.78 is 2.30. The first-order valence-electron chi connectivity index (χ1n) is 12.0. The lowest BCUT2D eigenvalue weighted by atomic mass is 9.97. The van der Waals surface area contributed by atoms with Gasteiger partial charge in [0.2, 0.25) is 0 Å². The maximum absolute atomic E-state index is 13.1. The maximum atomic E-state index is 13.1. The Morgan fingerprint density at radius 1 is 1.18 bits per heavy atom. The number of fused-ring (bicyclic) bond motifs is 1. The number of hydrogen-bond donors (Lipinski definition) is 3. The number of carboxylic acid groups (broad SMARTS) is 1. The van der Waals surface area contributed by atoms with Gasteiger partial charge in [0, 0.05) is 22.9 Å². The topological polar surface area (TPSA) is 104 Å². The average molecular weight is 486 g/mol. The van der Waals surface area contributed by atoms with Crippen molar-refractivity contribution < 1.29 is 19.8 Å². The molecular formula is C26H35N3O4S. The predicted molar refractivity (Wildman–Crippen MR) is 135 cm³/mol. The Hall–Kier alpha value is -2.71. The summed E-state index contributed by atoms with van der Waals surface area (Å²) in [7, 11) is 0. The zero-order valence-corrected chi connectivity index (χ0v) is 21.1. The van der Waals surface area contributed by atoms with Crippen LogP contribution in [0.3, 0.4) is 0 Å². The van der Waals surface area contributed by atoms with Gasteiger partial charge >= 0.3 is 5.97 Å². The summed E-state index contributed by atoms with van der Waals surface area (Å²) in [6, 6.07) is 9.34. The van der Waals surface area contributed by atoms with Crippen molar-refractivity contribution in [2.24, 2.45) is 5.92 Å². The Labute approximate surface area is 204 Å². The van der Waals surface area contributed by atoms with Crippen LogP contribution in [0.1, 0.15) is 80.5 Å². The van der Waals surface area contributed by atoms with E-state index in [1.807, 2.05) is 26.0 Å². The van der Waals surface area contributed by atoms with Gasteiger partial charge in [-0.2, -0.15) is 0 Å². The summed E-state index contributed by atoms with van der Waals surface area (Å²) in [5, 5.41) is 24.3. The molecule has 3 rings (SSSR count). The molecule has 2 heterocycles. The van der Waals surface area contributed by atoms with Crippen LogP contribution < -0.4 is 5.32 Å². The molecule has 0 spiro atoms. The molecule has 2 atom stereocenters. The number of aliphatic carboxylic acids is 1. The molecule has 0 saturated carbocycles. The molecule has 7 nitrogen and oxygen atoms in total. The van der Waals surface area contributed by atoms with E-state index in [0.29, 0.717) is 18.0 Å². The lowest BCUT2D eigenvalue weighted by molar-refractivity contribution is -0.139. The highest BCUT2D eigenvalue weighted by Gasteiger charge is 2.26. The number of hydrogen-bond acceptors (Lipinski definition) is 5. The molecule has 1 amide bonds. The van der Waals surface area contributed by atoms with E-state index in [-0.39, 0.29) is 11.8 Å². The molecule has 3 aromatic rings. The number of benzene rings is 1. The second kappa shape index (κ2) is 11.6. The summed E-state index contributed by atoms with van der Waals surface area (Å²) in [6.07, 6.45) is 1.63. The van der Waals surface area contributed by atoms with Gasteiger partial charge in [0.15, 0.2) is 0 Å². The Morgan fingerprint density at radius 3 is 2.50 bits per heavy atom. The van der Waals surface area contributed by atoms with Crippen molar-refractivity contribution in [3.63, 3.8) is 0 Å². The van der Waals surface area contributed by atoms with Crippen LogP contribution in [-0.2, 0) is 11.2 Å². The van der Waals surface area contributed by atoms with Crippen molar-refractivity contribution in [1.82, 2.24) is 14.9 Å². The normalized spacial score (nSPS) is 13.5. The smallest absolute Gasteiger partial charge is 0.306 e. The van der Waals surface area contributed by atoms with Crippen LogP contribution in [0.25, 0.3) is 11.0 Å². The van der Waals surface area contributed by atoms with Crippen LogP contribution in [-0.4, -0.2) is 43.8 Å². The minimum absolute atomic E-state index is 0.187. The number of amides is 1. The molecule has 8 heteroatoms. The second-order valence-corrected chi connectivity index (χ2v) is 10.2. The molecule has 0 radical (unpaired) electrons. The number of aliphatic hydroxyl groups is 1. The number of aliphatic hydroxyl groups excluding tert-OH is 1. The lowest BCUT2D eigenvalue weighted by Gasteiger charge is -2.25. The molecule has 0 fully saturated rings. The van der Waals surface area contributed by atoms with Crippen LogP contribution >= 0.6 is 11.3 Å². The quantitative estimate of drug-likeness (QED) is 0.334. The fourth-order valence-electron chi connectivity index (χ4n) is 4.44. The molecular weight excluding hydrogens is 450 g/mol. The second-order valence-electron chi connectivity index (χ2n) is 9.20. The maximum Gasteiger partial charge on any atom is 0.306 e. The summed E-state index contributed by atoms with van der Waals surface area (Å²) >= 11 is 1.71. The molecule has 2 aromatic heterocycles. The minimum Gasteiger partial charge on any atom is -0.481 e. The fourth-order valence-corrected chi connectivity index (χ4v) is 5.14. The molecule has 0 unspecified atom stereocenters. The Bertz CT molecular complexity index is 1100. The van der Waals surface area contributed by atoms with Crippen LogP contribution in [0, 0.1) is 5.92 Å². The number of carbonyl (C=O) groups excluding carboxylic acids is 1. The average Bonchev–Trinajstić information content (AvgIpc) is 3.41. The number of thiophene rings is 1. The summed E-state index contributed by atoms with van der Waals surface area (Å²) in [6.45, 7) is 8.29. The van der Waals surface area contributed by atoms with E-state index in [9.17, 15) is 14.7 Å². The monoisotopic (exact) mass is 485 g/mol. The van der Waals surface area contributed by atoms with Gasteiger partial charge in [-0.15, -0.1) is 11.3 Å². The van der Waals surface area contributed by atoms with E-state index < -0.39 is 24.5 Å². The van der Waals surface area contributed by atoms with E-state index in [4.69, 9.17) is 10.1 Å². The van der Waals surface area contributed by atoms with Crippen molar-refractivity contribution in [3.05, 3.63) is 52.0 Å². The number of imidazole rings is 1. The van der Waals surface area contributed by atoms with Gasteiger partial charge in [-0.1, -0.05) is 33.8 Å². The zero-order chi connectivity index (χ0) is 24.8. The summed E-state index contributed by atoms with van der Waals surface area (Å²) in [5.41, 5.74) is 2.21. The van der Waals surface area contributed by atoms with Crippen molar-refractivity contribution in [2.75, 3.05) is 0 Å². The van der Waals surface area contributed by atoms with E-state index in [2.05, 4.69) is 35.2 Å². The van der Waals surface area contributed by atoms with E-state index >= 15 is 0 Å². The first-order chi connectivity index (χ1) is 16.2. The number of nitrogens with zero attached hydrogens (tertiary/aromatic N) is 2. The van der Waals surface area contributed by atoms with Crippen LogP contribution in [0.4, 0.5) is 0 Å². The van der Waals surface area contributed by atoms with Gasteiger partial charge in [-0.3, -0.25) is 9.59 Å². The zero-order valence-electron chi connectivity index (χ0n) is 20.3. The molecule has 1 aromatic carbocycles. The van der Waals surface area contributed by atoms with Gasteiger partial charge in [0.05, 0.1) is 29.6 Å².